The molecule has 3 amide bonds. The van der Waals surface area contributed by atoms with Gasteiger partial charge in [-0.2, -0.15) is 0 Å². The number of amides is 3. The summed E-state index contributed by atoms with van der Waals surface area (Å²) in [5.41, 5.74) is 2.61. The molecule has 1 aliphatic rings. The first-order valence-corrected chi connectivity index (χ1v) is 10.5. The van der Waals surface area contributed by atoms with Crippen LogP contribution in [-0.2, 0) is 6.54 Å². The number of carbonyl (C=O) groups excluding carboxylic acids is 2. The Labute approximate surface area is 177 Å². The van der Waals surface area contributed by atoms with Gasteiger partial charge in [0.25, 0.3) is 5.91 Å². The Balaban J connectivity index is 1.64. The highest BCUT2D eigenvalue weighted by molar-refractivity contribution is 6.31. The van der Waals surface area contributed by atoms with Crippen molar-refractivity contribution < 1.29 is 9.59 Å². The summed E-state index contributed by atoms with van der Waals surface area (Å²) in [6, 6.07) is 15.3. The Kier molecular flexibility index (Phi) is 7.15. The summed E-state index contributed by atoms with van der Waals surface area (Å²) in [5, 5.41) is 6.54. The first-order chi connectivity index (χ1) is 13.9. The molecule has 2 aromatic rings. The molecule has 5 nitrogen and oxygen atoms in total. The van der Waals surface area contributed by atoms with E-state index in [0.29, 0.717) is 23.7 Å². The molecule has 1 saturated heterocycles. The van der Waals surface area contributed by atoms with Gasteiger partial charge in [-0.25, -0.2) is 4.79 Å². The van der Waals surface area contributed by atoms with E-state index in [0.717, 1.165) is 30.5 Å². The average molecular weight is 414 g/mol. The highest BCUT2D eigenvalue weighted by Crippen LogP contribution is 2.27. The molecule has 154 valence electrons. The Hall–Kier alpha value is -2.53. The minimum absolute atomic E-state index is 0.0154. The van der Waals surface area contributed by atoms with Crippen LogP contribution in [0.4, 0.5) is 4.79 Å². The van der Waals surface area contributed by atoms with Gasteiger partial charge in [0.1, 0.15) is 0 Å². The van der Waals surface area contributed by atoms with Gasteiger partial charge in [0.2, 0.25) is 0 Å². The molecule has 3 rings (SSSR count). The van der Waals surface area contributed by atoms with Crippen LogP contribution in [0.5, 0.6) is 0 Å². The lowest BCUT2D eigenvalue weighted by atomic mass is 9.89. The SMILES string of the molecule is CC(C)NC(=O)N1CCCC(c2cccc(C(=O)NCc3ccccc3Cl)c2)C1. The van der Waals surface area contributed by atoms with Gasteiger partial charge in [0, 0.05) is 42.2 Å². The van der Waals surface area contributed by atoms with Gasteiger partial charge in [-0.05, 0) is 56.0 Å². The highest BCUT2D eigenvalue weighted by Gasteiger charge is 2.25. The molecule has 1 unspecified atom stereocenters. The molecular formula is C23H28ClN3O2. The number of piperidine rings is 1. The Morgan fingerprint density at radius 2 is 1.97 bits per heavy atom. The molecule has 0 aliphatic carbocycles. The lowest BCUT2D eigenvalue weighted by Gasteiger charge is -2.33. The average Bonchev–Trinajstić information content (AvgIpc) is 2.72. The molecule has 0 radical (unpaired) electrons. The van der Waals surface area contributed by atoms with E-state index in [1.807, 2.05) is 67.3 Å². The van der Waals surface area contributed by atoms with Gasteiger partial charge in [-0.3, -0.25) is 4.79 Å². The van der Waals surface area contributed by atoms with E-state index in [1.54, 1.807) is 0 Å². The summed E-state index contributed by atoms with van der Waals surface area (Å²) < 4.78 is 0. The van der Waals surface area contributed by atoms with Crippen LogP contribution in [0.3, 0.4) is 0 Å². The van der Waals surface area contributed by atoms with Crippen molar-refractivity contribution in [3.8, 4) is 0 Å². The van der Waals surface area contributed by atoms with Crippen molar-refractivity contribution in [1.29, 1.82) is 0 Å². The number of nitrogens with zero attached hydrogens (tertiary/aromatic N) is 1. The van der Waals surface area contributed by atoms with Crippen molar-refractivity contribution in [2.45, 2.75) is 45.2 Å². The van der Waals surface area contributed by atoms with Crippen LogP contribution in [0, 0.1) is 0 Å². The Morgan fingerprint density at radius 1 is 1.17 bits per heavy atom. The van der Waals surface area contributed by atoms with Gasteiger partial charge >= 0.3 is 6.03 Å². The molecule has 2 aromatic carbocycles. The van der Waals surface area contributed by atoms with Crippen LogP contribution < -0.4 is 10.6 Å². The van der Waals surface area contributed by atoms with E-state index in [9.17, 15) is 9.59 Å². The third kappa shape index (κ3) is 5.73. The fourth-order valence-corrected chi connectivity index (χ4v) is 3.83. The summed E-state index contributed by atoms with van der Waals surface area (Å²) in [5.74, 6) is 0.106. The second kappa shape index (κ2) is 9.79. The van der Waals surface area contributed by atoms with E-state index < -0.39 is 0 Å². The largest absolute Gasteiger partial charge is 0.348 e. The minimum atomic E-state index is -0.128. The third-order valence-electron chi connectivity index (χ3n) is 5.14. The maximum atomic E-state index is 12.6. The summed E-state index contributed by atoms with van der Waals surface area (Å²) in [6.07, 6.45) is 1.97. The molecule has 0 aromatic heterocycles. The zero-order valence-corrected chi connectivity index (χ0v) is 17.7. The summed E-state index contributed by atoms with van der Waals surface area (Å²) >= 11 is 6.16. The second-order valence-electron chi connectivity index (χ2n) is 7.79. The van der Waals surface area contributed by atoms with Crippen molar-refractivity contribution in [2.24, 2.45) is 0 Å². The van der Waals surface area contributed by atoms with E-state index in [1.165, 1.54) is 0 Å². The van der Waals surface area contributed by atoms with Crippen LogP contribution in [-0.4, -0.2) is 36.0 Å². The fourth-order valence-electron chi connectivity index (χ4n) is 3.63. The van der Waals surface area contributed by atoms with E-state index in [-0.39, 0.29) is 23.9 Å². The quantitative estimate of drug-likeness (QED) is 0.754. The molecular weight excluding hydrogens is 386 g/mol. The number of halogens is 1. The normalized spacial score (nSPS) is 16.6. The van der Waals surface area contributed by atoms with Crippen LogP contribution in [0.15, 0.2) is 48.5 Å². The number of hydrogen-bond acceptors (Lipinski definition) is 2. The van der Waals surface area contributed by atoms with Crippen LogP contribution in [0.2, 0.25) is 5.02 Å². The van der Waals surface area contributed by atoms with Crippen LogP contribution >= 0.6 is 11.6 Å². The molecule has 1 aliphatic heterocycles. The molecule has 0 bridgehead atoms. The van der Waals surface area contributed by atoms with E-state index in [2.05, 4.69) is 10.6 Å². The predicted molar refractivity (Wildman–Crippen MR) is 116 cm³/mol. The number of benzene rings is 2. The lowest BCUT2D eigenvalue weighted by molar-refractivity contribution is 0.0950. The standard InChI is InChI=1S/C23H28ClN3O2/c1-16(2)26-23(29)27-12-6-10-20(15-27)17-8-5-9-18(13-17)22(28)25-14-19-7-3-4-11-21(19)24/h3-5,7-9,11,13,16,20H,6,10,12,14-15H2,1-2H3,(H,25,28)(H,26,29). The zero-order chi connectivity index (χ0) is 20.8. The molecule has 0 saturated carbocycles. The van der Waals surface area contributed by atoms with Gasteiger partial charge in [-0.15, -0.1) is 0 Å². The maximum absolute atomic E-state index is 12.6. The summed E-state index contributed by atoms with van der Waals surface area (Å²) in [4.78, 5) is 26.9. The number of hydrogen-bond donors (Lipinski definition) is 2. The van der Waals surface area contributed by atoms with E-state index in [4.69, 9.17) is 11.6 Å². The Bertz CT molecular complexity index is 869. The van der Waals surface area contributed by atoms with Gasteiger partial charge in [-0.1, -0.05) is 41.9 Å². The molecule has 2 N–H and O–H groups in total. The maximum Gasteiger partial charge on any atom is 0.317 e. The molecule has 0 spiro atoms. The van der Waals surface area contributed by atoms with Gasteiger partial charge in [0.05, 0.1) is 0 Å². The molecule has 1 fully saturated rings. The zero-order valence-electron chi connectivity index (χ0n) is 17.0. The number of nitrogens with one attached hydrogen (secondary N) is 2. The molecule has 6 heteroatoms. The Morgan fingerprint density at radius 3 is 2.72 bits per heavy atom. The molecule has 29 heavy (non-hydrogen) atoms. The number of carbonyl (C=O) groups is 2. The predicted octanol–water partition coefficient (Wildman–Crippen LogP) is 4.57. The van der Waals surface area contributed by atoms with Gasteiger partial charge in [0.15, 0.2) is 0 Å². The monoisotopic (exact) mass is 413 g/mol. The third-order valence-corrected chi connectivity index (χ3v) is 5.51. The smallest absolute Gasteiger partial charge is 0.317 e. The summed E-state index contributed by atoms with van der Waals surface area (Å²) in [6.45, 7) is 5.75. The highest BCUT2D eigenvalue weighted by atomic mass is 35.5. The van der Waals surface area contributed by atoms with Crippen LogP contribution in [0.1, 0.15) is 54.1 Å². The first-order valence-electron chi connectivity index (χ1n) is 10.1. The van der Waals surface area contributed by atoms with Crippen molar-refractivity contribution in [1.82, 2.24) is 15.5 Å². The van der Waals surface area contributed by atoms with Crippen molar-refractivity contribution in [3.05, 3.63) is 70.2 Å². The molecule has 1 heterocycles. The van der Waals surface area contributed by atoms with E-state index >= 15 is 0 Å². The van der Waals surface area contributed by atoms with Crippen molar-refractivity contribution in [2.75, 3.05) is 13.1 Å². The van der Waals surface area contributed by atoms with Crippen molar-refractivity contribution >= 4 is 23.5 Å². The minimum Gasteiger partial charge on any atom is -0.348 e. The molecule has 1 atom stereocenters. The van der Waals surface area contributed by atoms with Crippen molar-refractivity contribution in [3.63, 3.8) is 0 Å². The lowest BCUT2D eigenvalue weighted by Crippen LogP contribution is -2.47. The topological polar surface area (TPSA) is 61.4 Å². The fraction of sp³-hybridized carbons (Fsp3) is 0.391. The number of likely N-dealkylation sites (tertiary alicyclic amines) is 1. The number of rotatable bonds is 5. The summed E-state index contributed by atoms with van der Waals surface area (Å²) in [7, 11) is 0. The van der Waals surface area contributed by atoms with Crippen LogP contribution in [0.25, 0.3) is 0 Å². The second-order valence-corrected chi connectivity index (χ2v) is 8.20. The first kappa shape index (κ1) is 21.2. The van der Waals surface area contributed by atoms with Gasteiger partial charge < -0.3 is 15.5 Å². The number of urea groups is 1.